The first-order valence-corrected chi connectivity index (χ1v) is 9.31. The van der Waals surface area contributed by atoms with Crippen LogP contribution in [0.25, 0.3) is 0 Å². The van der Waals surface area contributed by atoms with E-state index in [2.05, 4.69) is 5.32 Å². The van der Waals surface area contributed by atoms with Crippen molar-refractivity contribution in [3.05, 3.63) is 54.3 Å². The predicted molar refractivity (Wildman–Crippen MR) is 94.8 cm³/mol. The summed E-state index contributed by atoms with van der Waals surface area (Å²) in [7, 11) is -2.08. The number of methoxy groups -OCH3 is 1. The number of hydrogen-bond donors (Lipinski definition) is 1. The van der Waals surface area contributed by atoms with E-state index in [1.807, 2.05) is 0 Å². The zero-order valence-corrected chi connectivity index (χ0v) is 14.7. The van der Waals surface area contributed by atoms with Crippen LogP contribution in [0.1, 0.15) is 6.42 Å². The number of anilines is 2. The summed E-state index contributed by atoms with van der Waals surface area (Å²) in [6.07, 6.45) is 0.984. The van der Waals surface area contributed by atoms with Gasteiger partial charge in [-0.05, 0) is 36.4 Å². The van der Waals surface area contributed by atoms with Crippen LogP contribution in [0.4, 0.5) is 15.8 Å². The van der Waals surface area contributed by atoms with E-state index in [-0.39, 0.29) is 18.9 Å². The number of nitrogens with one attached hydrogen (secondary N) is 1. The molecule has 25 heavy (non-hydrogen) atoms. The Labute approximate surface area is 146 Å². The highest BCUT2D eigenvalue weighted by atomic mass is 32.2. The second kappa shape index (κ2) is 7.98. The highest BCUT2D eigenvalue weighted by Gasteiger charge is 2.18. The van der Waals surface area contributed by atoms with Crippen LogP contribution in [0.5, 0.6) is 5.75 Å². The van der Waals surface area contributed by atoms with Gasteiger partial charge in [-0.25, -0.2) is 12.8 Å². The second-order valence-corrected chi connectivity index (χ2v) is 7.25. The fourth-order valence-corrected chi connectivity index (χ4v) is 3.15. The molecule has 8 heteroatoms. The molecule has 6 nitrogen and oxygen atoms in total. The molecule has 1 amide bonds. The first-order chi connectivity index (χ1) is 11.8. The second-order valence-electron chi connectivity index (χ2n) is 5.34. The van der Waals surface area contributed by atoms with E-state index in [0.29, 0.717) is 17.1 Å². The molecule has 2 aromatic rings. The van der Waals surface area contributed by atoms with Gasteiger partial charge < -0.3 is 10.1 Å². The Morgan fingerprint density at radius 2 is 1.88 bits per heavy atom. The average Bonchev–Trinajstić information content (AvgIpc) is 2.55. The molecule has 2 aromatic carbocycles. The van der Waals surface area contributed by atoms with Crippen LogP contribution in [0.15, 0.2) is 48.5 Å². The van der Waals surface area contributed by atoms with E-state index >= 15 is 0 Å². The number of sulfonamides is 1. The van der Waals surface area contributed by atoms with Gasteiger partial charge in [0.15, 0.2) is 0 Å². The molecule has 0 unspecified atom stereocenters. The number of nitrogens with zero attached hydrogens (tertiary/aromatic N) is 1. The van der Waals surface area contributed by atoms with Crippen molar-refractivity contribution >= 4 is 27.3 Å². The third-order valence-corrected chi connectivity index (χ3v) is 4.60. The smallest absolute Gasteiger partial charge is 0.232 e. The van der Waals surface area contributed by atoms with Crippen LogP contribution in [-0.4, -0.2) is 34.2 Å². The maximum absolute atomic E-state index is 13.0. The van der Waals surface area contributed by atoms with Gasteiger partial charge in [0.25, 0.3) is 0 Å². The topological polar surface area (TPSA) is 75.7 Å². The largest absolute Gasteiger partial charge is 0.497 e. The zero-order valence-electron chi connectivity index (χ0n) is 13.9. The Bertz CT molecular complexity index is 838. The molecule has 134 valence electrons. The van der Waals surface area contributed by atoms with E-state index in [1.165, 1.54) is 31.4 Å². The molecule has 0 aliphatic heterocycles. The van der Waals surface area contributed by atoms with E-state index in [4.69, 9.17) is 4.74 Å². The number of benzene rings is 2. The summed E-state index contributed by atoms with van der Waals surface area (Å²) in [6.45, 7) is -0.0553. The number of ether oxygens (including phenoxy) is 1. The number of amides is 1. The Morgan fingerprint density at radius 1 is 1.20 bits per heavy atom. The summed E-state index contributed by atoms with van der Waals surface area (Å²) in [5.41, 5.74) is 0.857. The van der Waals surface area contributed by atoms with Gasteiger partial charge in [0.05, 0.1) is 19.1 Å². The third kappa shape index (κ3) is 5.46. The van der Waals surface area contributed by atoms with Gasteiger partial charge >= 0.3 is 0 Å². The van der Waals surface area contributed by atoms with Crippen molar-refractivity contribution in [3.63, 3.8) is 0 Å². The van der Waals surface area contributed by atoms with E-state index in [0.717, 1.165) is 10.6 Å². The quantitative estimate of drug-likeness (QED) is 0.817. The fourth-order valence-electron chi connectivity index (χ4n) is 2.22. The molecule has 0 bridgehead atoms. The molecule has 0 heterocycles. The monoisotopic (exact) mass is 366 g/mol. The van der Waals surface area contributed by atoms with Crippen molar-refractivity contribution in [3.8, 4) is 5.75 Å². The summed E-state index contributed by atoms with van der Waals surface area (Å²) in [5.74, 6) is -0.209. The predicted octanol–water partition coefficient (Wildman–Crippen LogP) is 2.63. The minimum atomic E-state index is -3.60. The minimum absolute atomic E-state index is 0.0539. The number of carbonyl (C=O) groups excluding carboxylic acids is 1. The lowest BCUT2D eigenvalue weighted by Crippen LogP contribution is -2.33. The molecule has 0 aliphatic carbocycles. The minimum Gasteiger partial charge on any atom is -0.497 e. The summed E-state index contributed by atoms with van der Waals surface area (Å²) in [6, 6.07) is 11.9. The maximum Gasteiger partial charge on any atom is 0.232 e. The van der Waals surface area contributed by atoms with Gasteiger partial charge in [-0.3, -0.25) is 9.10 Å². The Balaban J connectivity index is 2.05. The summed E-state index contributed by atoms with van der Waals surface area (Å²) in [5, 5.41) is 2.68. The molecule has 0 spiro atoms. The number of rotatable bonds is 7. The number of hydrogen-bond acceptors (Lipinski definition) is 4. The summed E-state index contributed by atoms with van der Waals surface area (Å²) < 4.78 is 43.1. The molecule has 0 radical (unpaired) electrons. The van der Waals surface area contributed by atoms with Crippen LogP contribution >= 0.6 is 0 Å². The lowest BCUT2D eigenvalue weighted by molar-refractivity contribution is -0.116. The van der Waals surface area contributed by atoms with Crippen LogP contribution in [0.3, 0.4) is 0 Å². The van der Waals surface area contributed by atoms with Crippen LogP contribution in [-0.2, 0) is 14.8 Å². The van der Waals surface area contributed by atoms with E-state index in [9.17, 15) is 17.6 Å². The van der Waals surface area contributed by atoms with Crippen molar-refractivity contribution in [1.29, 1.82) is 0 Å². The first kappa shape index (κ1) is 18.7. The van der Waals surface area contributed by atoms with Gasteiger partial charge in [0.2, 0.25) is 15.9 Å². The van der Waals surface area contributed by atoms with Gasteiger partial charge in [0, 0.05) is 24.7 Å². The number of carbonyl (C=O) groups is 1. The molecular weight excluding hydrogens is 347 g/mol. The zero-order chi connectivity index (χ0) is 18.4. The molecule has 0 atom stereocenters. The van der Waals surface area contributed by atoms with Crippen LogP contribution < -0.4 is 14.4 Å². The van der Waals surface area contributed by atoms with Gasteiger partial charge in [-0.15, -0.1) is 0 Å². The Morgan fingerprint density at radius 3 is 2.48 bits per heavy atom. The van der Waals surface area contributed by atoms with Gasteiger partial charge in [0.1, 0.15) is 11.6 Å². The normalized spacial score (nSPS) is 11.0. The van der Waals surface area contributed by atoms with Crippen LogP contribution in [0, 0.1) is 5.82 Å². The highest BCUT2D eigenvalue weighted by Crippen LogP contribution is 2.19. The molecule has 0 saturated heterocycles. The molecule has 1 N–H and O–H groups in total. The average molecular weight is 366 g/mol. The van der Waals surface area contributed by atoms with E-state index in [1.54, 1.807) is 24.3 Å². The molecule has 0 fully saturated rings. The molecule has 0 aromatic heterocycles. The van der Waals surface area contributed by atoms with Crippen molar-refractivity contribution in [2.24, 2.45) is 0 Å². The molecule has 0 saturated carbocycles. The lowest BCUT2D eigenvalue weighted by atomic mass is 10.2. The highest BCUT2D eigenvalue weighted by molar-refractivity contribution is 7.92. The Kier molecular flexibility index (Phi) is 5.97. The van der Waals surface area contributed by atoms with Crippen molar-refractivity contribution in [1.82, 2.24) is 0 Å². The van der Waals surface area contributed by atoms with Crippen molar-refractivity contribution in [2.75, 3.05) is 29.5 Å². The fraction of sp³-hybridized carbons (Fsp3) is 0.235. The molecule has 2 rings (SSSR count). The maximum atomic E-state index is 13.0. The van der Waals surface area contributed by atoms with E-state index < -0.39 is 15.8 Å². The number of halogens is 1. The standard InChI is InChI=1S/C17H19FN2O4S/c1-24-16-5-3-4-14(12-16)19-17(21)10-11-20(25(2,22)23)15-8-6-13(18)7-9-15/h3-9,12H,10-11H2,1-2H3,(H,19,21). The van der Waals surface area contributed by atoms with Crippen molar-refractivity contribution < 1.29 is 22.3 Å². The van der Waals surface area contributed by atoms with Crippen molar-refractivity contribution in [2.45, 2.75) is 6.42 Å². The Hall–Kier alpha value is -2.61. The first-order valence-electron chi connectivity index (χ1n) is 7.47. The van der Waals surface area contributed by atoms with Crippen LogP contribution in [0.2, 0.25) is 0 Å². The summed E-state index contributed by atoms with van der Waals surface area (Å²) in [4.78, 5) is 12.1. The lowest BCUT2D eigenvalue weighted by Gasteiger charge is -2.22. The van der Waals surface area contributed by atoms with Gasteiger partial charge in [-0.2, -0.15) is 0 Å². The molecule has 0 aliphatic rings. The third-order valence-electron chi connectivity index (χ3n) is 3.41. The SMILES string of the molecule is COc1cccc(NC(=O)CCN(c2ccc(F)cc2)S(C)(=O)=O)c1. The molecular formula is C17H19FN2O4S. The summed E-state index contributed by atoms with van der Waals surface area (Å²) >= 11 is 0. The van der Waals surface area contributed by atoms with Gasteiger partial charge in [-0.1, -0.05) is 6.07 Å².